The van der Waals surface area contributed by atoms with E-state index >= 15 is 0 Å². The molecule has 5 heteroatoms. The zero-order valence-electron chi connectivity index (χ0n) is 10.0. The fourth-order valence-electron chi connectivity index (χ4n) is 1.81. The summed E-state index contributed by atoms with van der Waals surface area (Å²) in [5.41, 5.74) is 2.47. The average molecular weight is 244 g/mol. The van der Waals surface area contributed by atoms with Gasteiger partial charge in [0, 0.05) is 17.3 Å². The summed E-state index contributed by atoms with van der Waals surface area (Å²) in [6.07, 6.45) is 2.35. The Morgan fingerprint density at radius 1 is 1.33 bits per heavy atom. The van der Waals surface area contributed by atoms with Crippen LogP contribution < -0.4 is 0 Å². The molecule has 5 nitrogen and oxygen atoms in total. The molecule has 1 N–H and O–H groups in total. The van der Waals surface area contributed by atoms with Gasteiger partial charge >= 0.3 is 5.97 Å². The predicted octanol–water partition coefficient (Wildman–Crippen LogP) is 2.00. The first-order valence-corrected chi connectivity index (χ1v) is 5.39. The van der Waals surface area contributed by atoms with Crippen LogP contribution in [0.25, 0.3) is 5.69 Å². The second kappa shape index (κ2) is 4.44. The van der Waals surface area contributed by atoms with Gasteiger partial charge in [-0.25, -0.2) is 9.48 Å². The van der Waals surface area contributed by atoms with Crippen LogP contribution in [0.2, 0.25) is 0 Å². The van der Waals surface area contributed by atoms with Gasteiger partial charge < -0.3 is 5.11 Å². The molecular formula is C13H12N2O3. The molecule has 0 radical (unpaired) electrons. The van der Waals surface area contributed by atoms with E-state index in [0.29, 0.717) is 16.8 Å². The summed E-state index contributed by atoms with van der Waals surface area (Å²) >= 11 is 0. The van der Waals surface area contributed by atoms with Crippen LogP contribution in [-0.4, -0.2) is 27.1 Å². The highest BCUT2D eigenvalue weighted by Gasteiger charge is 2.15. The fraction of sp³-hybridized carbons (Fsp3) is 0.154. The van der Waals surface area contributed by atoms with Gasteiger partial charge in [-0.05, 0) is 25.5 Å². The van der Waals surface area contributed by atoms with Gasteiger partial charge in [0.2, 0.25) is 0 Å². The van der Waals surface area contributed by atoms with Crippen molar-refractivity contribution in [2.75, 3.05) is 0 Å². The Morgan fingerprint density at radius 3 is 2.61 bits per heavy atom. The molecule has 0 spiro atoms. The van der Waals surface area contributed by atoms with E-state index in [2.05, 4.69) is 5.10 Å². The third-order valence-corrected chi connectivity index (χ3v) is 2.77. The molecule has 0 bridgehead atoms. The molecule has 1 heterocycles. The summed E-state index contributed by atoms with van der Waals surface area (Å²) in [4.78, 5) is 22.0. The molecule has 2 rings (SSSR count). The van der Waals surface area contributed by atoms with Gasteiger partial charge in [0.25, 0.3) is 0 Å². The number of hydrogen-bond acceptors (Lipinski definition) is 3. The van der Waals surface area contributed by atoms with Crippen molar-refractivity contribution in [1.29, 1.82) is 0 Å². The second-order valence-electron chi connectivity index (χ2n) is 4.04. The third-order valence-electron chi connectivity index (χ3n) is 2.77. The van der Waals surface area contributed by atoms with Crippen LogP contribution in [0.5, 0.6) is 0 Å². The molecule has 0 saturated carbocycles. The van der Waals surface area contributed by atoms with Crippen LogP contribution in [0.1, 0.15) is 32.0 Å². The zero-order chi connectivity index (χ0) is 13.3. The highest BCUT2D eigenvalue weighted by atomic mass is 16.4. The maximum absolute atomic E-state index is 11.1. The number of aldehydes is 1. The maximum Gasteiger partial charge on any atom is 0.356 e. The number of nitrogens with zero attached hydrogens (tertiary/aromatic N) is 2. The lowest BCUT2D eigenvalue weighted by Crippen LogP contribution is -2.04. The molecule has 0 aliphatic carbocycles. The van der Waals surface area contributed by atoms with Gasteiger partial charge in [-0.3, -0.25) is 4.79 Å². The van der Waals surface area contributed by atoms with Crippen molar-refractivity contribution in [3.63, 3.8) is 0 Å². The van der Waals surface area contributed by atoms with E-state index in [0.717, 1.165) is 11.8 Å². The van der Waals surface area contributed by atoms with Crippen molar-refractivity contribution in [3.8, 4) is 5.69 Å². The zero-order valence-corrected chi connectivity index (χ0v) is 10.0. The van der Waals surface area contributed by atoms with Crippen molar-refractivity contribution in [1.82, 2.24) is 9.78 Å². The van der Waals surface area contributed by atoms with E-state index in [1.165, 1.54) is 4.68 Å². The summed E-state index contributed by atoms with van der Waals surface area (Å²) in [7, 11) is 0. The summed E-state index contributed by atoms with van der Waals surface area (Å²) in [5.74, 6) is -1.08. The topological polar surface area (TPSA) is 72.2 Å². The molecule has 0 aliphatic heterocycles. The minimum absolute atomic E-state index is 0.00615. The number of rotatable bonds is 3. The molecule has 0 atom stereocenters. The van der Waals surface area contributed by atoms with Gasteiger partial charge in [-0.2, -0.15) is 5.10 Å². The second-order valence-corrected chi connectivity index (χ2v) is 4.04. The normalized spacial score (nSPS) is 10.3. The Hall–Kier alpha value is -2.43. The molecule has 0 fully saturated rings. The van der Waals surface area contributed by atoms with Crippen LogP contribution in [-0.2, 0) is 0 Å². The monoisotopic (exact) mass is 244 g/mol. The number of carboxylic acid groups (broad SMARTS) is 1. The number of aromatic nitrogens is 2. The lowest BCUT2D eigenvalue weighted by molar-refractivity contribution is 0.0689. The molecule has 1 aromatic carbocycles. The Kier molecular flexibility index (Phi) is 2.97. The molecule has 92 valence electrons. The van der Waals surface area contributed by atoms with Gasteiger partial charge in [-0.1, -0.05) is 12.1 Å². The van der Waals surface area contributed by atoms with Crippen LogP contribution in [0.15, 0.2) is 24.4 Å². The van der Waals surface area contributed by atoms with Crippen LogP contribution >= 0.6 is 0 Å². The van der Waals surface area contributed by atoms with Crippen molar-refractivity contribution >= 4 is 12.3 Å². The molecule has 0 saturated heterocycles. The van der Waals surface area contributed by atoms with Crippen molar-refractivity contribution in [2.45, 2.75) is 13.8 Å². The molecule has 2 aromatic rings. The van der Waals surface area contributed by atoms with E-state index in [4.69, 9.17) is 5.11 Å². The number of aryl methyl sites for hydroxylation is 2. The van der Waals surface area contributed by atoms with Crippen molar-refractivity contribution < 1.29 is 14.7 Å². The smallest absolute Gasteiger partial charge is 0.356 e. The fourth-order valence-corrected chi connectivity index (χ4v) is 1.81. The van der Waals surface area contributed by atoms with E-state index in [-0.39, 0.29) is 5.69 Å². The Labute approximate surface area is 104 Å². The van der Waals surface area contributed by atoms with E-state index in [1.807, 2.05) is 13.0 Å². The highest BCUT2D eigenvalue weighted by Crippen LogP contribution is 2.18. The first kappa shape index (κ1) is 12.0. The number of benzene rings is 1. The lowest BCUT2D eigenvalue weighted by atomic mass is 10.1. The SMILES string of the molecule is Cc1cn(-c2cccc(C)c2C=O)nc1C(=O)O. The number of carbonyl (C=O) groups is 2. The van der Waals surface area contributed by atoms with Gasteiger partial charge in [0.15, 0.2) is 12.0 Å². The summed E-state index contributed by atoms with van der Waals surface area (Å²) in [6, 6.07) is 5.35. The summed E-state index contributed by atoms with van der Waals surface area (Å²) in [5, 5.41) is 12.9. The number of carbonyl (C=O) groups excluding carboxylic acids is 1. The Bertz CT molecular complexity index is 629. The summed E-state index contributed by atoms with van der Waals surface area (Å²) in [6.45, 7) is 3.49. The molecule has 0 unspecified atom stereocenters. The Balaban J connectivity index is 2.62. The van der Waals surface area contributed by atoms with Gasteiger partial charge in [0.1, 0.15) is 0 Å². The van der Waals surface area contributed by atoms with Crippen molar-refractivity contribution in [2.24, 2.45) is 0 Å². The highest BCUT2D eigenvalue weighted by molar-refractivity contribution is 5.87. The van der Waals surface area contributed by atoms with E-state index in [9.17, 15) is 9.59 Å². The van der Waals surface area contributed by atoms with Crippen LogP contribution in [0, 0.1) is 13.8 Å². The van der Waals surface area contributed by atoms with Crippen molar-refractivity contribution in [3.05, 3.63) is 46.8 Å². The Morgan fingerprint density at radius 2 is 2.06 bits per heavy atom. The van der Waals surface area contributed by atoms with Crippen LogP contribution in [0.3, 0.4) is 0 Å². The minimum Gasteiger partial charge on any atom is -0.476 e. The quantitative estimate of drug-likeness (QED) is 0.838. The first-order valence-electron chi connectivity index (χ1n) is 5.39. The summed E-state index contributed by atoms with van der Waals surface area (Å²) < 4.78 is 1.43. The predicted molar refractivity (Wildman–Crippen MR) is 65.4 cm³/mol. The molecule has 1 aromatic heterocycles. The van der Waals surface area contributed by atoms with Gasteiger partial charge in [0.05, 0.1) is 5.69 Å². The van der Waals surface area contributed by atoms with E-state index < -0.39 is 5.97 Å². The molecule has 0 aliphatic rings. The molecular weight excluding hydrogens is 232 g/mol. The van der Waals surface area contributed by atoms with E-state index in [1.54, 1.807) is 25.3 Å². The number of aromatic carboxylic acids is 1. The number of hydrogen-bond donors (Lipinski definition) is 1. The molecule has 0 amide bonds. The first-order chi connectivity index (χ1) is 8.54. The number of carboxylic acids is 1. The largest absolute Gasteiger partial charge is 0.476 e. The lowest BCUT2D eigenvalue weighted by Gasteiger charge is -2.06. The van der Waals surface area contributed by atoms with Crippen LogP contribution in [0.4, 0.5) is 0 Å². The third kappa shape index (κ3) is 1.90. The average Bonchev–Trinajstić information content (AvgIpc) is 2.71. The minimum atomic E-state index is -1.08. The maximum atomic E-state index is 11.1. The molecule has 18 heavy (non-hydrogen) atoms. The van der Waals surface area contributed by atoms with Gasteiger partial charge in [-0.15, -0.1) is 0 Å². The standard InChI is InChI=1S/C13H12N2O3/c1-8-4-3-5-11(10(8)7-16)15-6-9(2)12(14-15)13(17)18/h3-7H,1-2H3,(H,17,18).